The van der Waals surface area contributed by atoms with Crippen LogP contribution in [-0.2, 0) is 14.3 Å². The Hall–Kier alpha value is -2.74. The number of Topliss-reactive ketones (excluding diaryl/α,β-unsaturated/α-hetero) is 1. The highest BCUT2D eigenvalue weighted by atomic mass is 16.5. The number of hydrogen-bond acceptors (Lipinski definition) is 4. The molecule has 5 nitrogen and oxygen atoms in total. The van der Waals surface area contributed by atoms with Crippen molar-refractivity contribution in [1.82, 2.24) is 0 Å². The van der Waals surface area contributed by atoms with Crippen molar-refractivity contribution in [2.45, 2.75) is 0 Å². The Morgan fingerprint density at radius 3 is 2.28 bits per heavy atom. The van der Waals surface area contributed by atoms with Gasteiger partial charge in [0, 0.05) is 11.6 Å². The van der Waals surface area contributed by atoms with Gasteiger partial charge in [-0.3, -0.25) is 9.59 Å². The Bertz CT molecular complexity index is 549. The third kappa shape index (κ3) is 3.39. The average molecular weight is 243 g/mol. The fourth-order valence-corrected chi connectivity index (χ4v) is 1.12. The van der Waals surface area contributed by atoms with Crippen molar-refractivity contribution in [1.29, 1.82) is 0 Å². The van der Waals surface area contributed by atoms with Gasteiger partial charge in [0.25, 0.3) is 0 Å². The lowest BCUT2D eigenvalue weighted by Gasteiger charge is -1.96. The van der Waals surface area contributed by atoms with Crippen molar-refractivity contribution < 1.29 is 19.1 Å². The summed E-state index contributed by atoms with van der Waals surface area (Å²) in [5.74, 6) is -2.28. The molecule has 0 atom stereocenters. The number of benzene rings is 1. The number of methoxy groups -OCH3 is 1. The van der Waals surface area contributed by atoms with Gasteiger partial charge in [0.2, 0.25) is 11.6 Å². The third-order valence-corrected chi connectivity index (χ3v) is 2.05. The summed E-state index contributed by atoms with van der Waals surface area (Å²) in [6.07, 6.45) is 1.74. The van der Waals surface area contributed by atoms with E-state index < -0.39 is 17.5 Å². The molecule has 0 saturated carbocycles. The third-order valence-electron chi connectivity index (χ3n) is 2.05. The summed E-state index contributed by atoms with van der Waals surface area (Å²) in [7, 11) is 1.17. The molecule has 1 aromatic carbocycles. The van der Waals surface area contributed by atoms with Crippen LogP contribution in [0, 0.1) is 6.57 Å². The lowest BCUT2D eigenvalue weighted by molar-refractivity contribution is -0.135. The molecular weight excluding hydrogens is 234 g/mol. The van der Waals surface area contributed by atoms with Crippen LogP contribution in [0.3, 0.4) is 0 Å². The van der Waals surface area contributed by atoms with Crippen molar-refractivity contribution in [2.75, 3.05) is 7.11 Å². The summed E-state index contributed by atoms with van der Waals surface area (Å²) in [6, 6.07) is 5.66. The van der Waals surface area contributed by atoms with Crippen LogP contribution in [0.4, 0.5) is 5.69 Å². The fraction of sp³-hybridized carbons (Fsp3) is 0.0769. The van der Waals surface area contributed by atoms with Crippen LogP contribution < -0.4 is 0 Å². The van der Waals surface area contributed by atoms with Gasteiger partial charge in [-0.1, -0.05) is 24.3 Å². The number of hydrogen-bond donors (Lipinski definition) is 0. The summed E-state index contributed by atoms with van der Waals surface area (Å²) in [5, 5.41) is 0. The first-order valence-electron chi connectivity index (χ1n) is 4.90. The predicted molar refractivity (Wildman–Crippen MR) is 63.2 cm³/mol. The number of ketones is 2. The van der Waals surface area contributed by atoms with E-state index in [9.17, 15) is 14.4 Å². The highest BCUT2D eigenvalue weighted by Crippen LogP contribution is 2.13. The Balaban J connectivity index is 2.81. The van der Waals surface area contributed by atoms with Crippen LogP contribution in [0.1, 0.15) is 10.4 Å². The molecule has 0 heterocycles. The van der Waals surface area contributed by atoms with E-state index >= 15 is 0 Å². The molecule has 0 unspecified atom stereocenters. The molecule has 0 aliphatic rings. The molecule has 1 rings (SSSR count). The van der Waals surface area contributed by atoms with Gasteiger partial charge in [-0.15, -0.1) is 0 Å². The van der Waals surface area contributed by atoms with Crippen LogP contribution >= 0.6 is 0 Å². The van der Waals surface area contributed by atoms with Crippen LogP contribution in [0.2, 0.25) is 0 Å². The fourth-order valence-electron chi connectivity index (χ4n) is 1.12. The van der Waals surface area contributed by atoms with Gasteiger partial charge in [0.15, 0.2) is 5.69 Å². The molecule has 0 amide bonds. The van der Waals surface area contributed by atoms with E-state index in [-0.39, 0.29) is 5.56 Å². The molecule has 0 saturated heterocycles. The average Bonchev–Trinajstić information content (AvgIpc) is 2.43. The predicted octanol–water partition coefficient (Wildman–Crippen LogP) is 1.72. The van der Waals surface area contributed by atoms with Crippen molar-refractivity contribution in [3.8, 4) is 0 Å². The number of carbonyl (C=O) groups excluding carboxylic acids is 3. The van der Waals surface area contributed by atoms with E-state index in [4.69, 9.17) is 6.57 Å². The number of rotatable bonds is 4. The maximum atomic E-state index is 11.6. The Kier molecular flexibility index (Phi) is 4.52. The molecule has 0 fully saturated rings. The number of carbonyl (C=O) groups is 3. The van der Waals surface area contributed by atoms with Crippen LogP contribution in [0.15, 0.2) is 36.4 Å². The van der Waals surface area contributed by atoms with Crippen molar-refractivity contribution in [3.63, 3.8) is 0 Å². The summed E-state index contributed by atoms with van der Waals surface area (Å²) in [6.45, 7) is 6.75. The standard InChI is InChI=1S/C13H9NO4/c1-14-10-5-3-9(4-6-10)13(17)11(15)7-8-12(16)18-2/h3-8H,2H3/b8-7+. The summed E-state index contributed by atoms with van der Waals surface area (Å²) < 4.78 is 4.29. The van der Waals surface area contributed by atoms with Crippen molar-refractivity contribution >= 4 is 23.2 Å². The van der Waals surface area contributed by atoms with E-state index in [0.717, 1.165) is 12.2 Å². The Morgan fingerprint density at radius 1 is 1.17 bits per heavy atom. The van der Waals surface area contributed by atoms with Gasteiger partial charge in [0.05, 0.1) is 13.7 Å². The minimum absolute atomic E-state index is 0.168. The smallest absolute Gasteiger partial charge is 0.330 e. The van der Waals surface area contributed by atoms with Crippen molar-refractivity contribution in [3.05, 3.63) is 53.4 Å². The minimum atomic E-state index is -0.823. The summed E-state index contributed by atoms with van der Waals surface area (Å²) in [5.41, 5.74) is 0.547. The molecule has 18 heavy (non-hydrogen) atoms. The zero-order valence-electron chi connectivity index (χ0n) is 9.54. The monoisotopic (exact) mass is 243 g/mol. The van der Waals surface area contributed by atoms with E-state index in [1.54, 1.807) is 0 Å². The maximum absolute atomic E-state index is 11.6. The molecule has 0 spiro atoms. The molecule has 90 valence electrons. The maximum Gasteiger partial charge on any atom is 0.330 e. The first-order chi connectivity index (χ1) is 8.58. The highest BCUT2D eigenvalue weighted by Gasteiger charge is 2.13. The molecule has 0 aliphatic heterocycles. The molecule has 0 bridgehead atoms. The second kappa shape index (κ2) is 6.11. The molecule has 0 aliphatic carbocycles. The minimum Gasteiger partial charge on any atom is -0.466 e. The van der Waals surface area contributed by atoms with Crippen LogP contribution in [-0.4, -0.2) is 24.6 Å². The van der Waals surface area contributed by atoms with Gasteiger partial charge in [-0.05, 0) is 6.08 Å². The Morgan fingerprint density at radius 2 is 1.78 bits per heavy atom. The van der Waals surface area contributed by atoms with E-state index in [1.807, 2.05) is 0 Å². The number of ether oxygens (including phenoxy) is 1. The number of nitrogens with zero attached hydrogens (tertiary/aromatic N) is 1. The zero-order valence-corrected chi connectivity index (χ0v) is 9.54. The number of esters is 1. The molecule has 0 radical (unpaired) electrons. The largest absolute Gasteiger partial charge is 0.466 e. The first kappa shape index (κ1) is 13.3. The molecule has 0 aromatic heterocycles. The lowest BCUT2D eigenvalue weighted by Crippen LogP contribution is -2.11. The second-order valence-corrected chi connectivity index (χ2v) is 3.21. The SMILES string of the molecule is [C-]#[N+]c1ccc(C(=O)C(=O)/C=C/C(=O)OC)cc1. The molecule has 1 aromatic rings. The van der Waals surface area contributed by atoms with Gasteiger partial charge >= 0.3 is 5.97 Å². The normalized spacial score (nSPS) is 9.78. The molecular formula is C13H9NO4. The number of allylic oxidation sites excluding steroid dienone is 1. The molecule has 5 heteroatoms. The molecule has 0 N–H and O–H groups in total. The van der Waals surface area contributed by atoms with E-state index in [1.165, 1.54) is 31.4 Å². The summed E-state index contributed by atoms with van der Waals surface area (Å²) >= 11 is 0. The van der Waals surface area contributed by atoms with E-state index in [2.05, 4.69) is 9.58 Å². The zero-order chi connectivity index (χ0) is 13.5. The van der Waals surface area contributed by atoms with Crippen LogP contribution in [0.25, 0.3) is 4.85 Å². The second-order valence-electron chi connectivity index (χ2n) is 3.21. The van der Waals surface area contributed by atoms with Gasteiger partial charge in [0.1, 0.15) is 0 Å². The van der Waals surface area contributed by atoms with Gasteiger partial charge in [-0.2, -0.15) is 0 Å². The summed E-state index contributed by atoms with van der Waals surface area (Å²) in [4.78, 5) is 36.9. The Labute approximate surface area is 103 Å². The van der Waals surface area contributed by atoms with Crippen LogP contribution in [0.5, 0.6) is 0 Å². The van der Waals surface area contributed by atoms with Gasteiger partial charge in [-0.25, -0.2) is 9.64 Å². The van der Waals surface area contributed by atoms with Gasteiger partial charge < -0.3 is 4.74 Å². The van der Waals surface area contributed by atoms with Crippen molar-refractivity contribution in [2.24, 2.45) is 0 Å². The topological polar surface area (TPSA) is 64.8 Å². The van der Waals surface area contributed by atoms with E-state index in [0.29, 0.717) is 5.69 Å². The highest BCUT2D eigenvalue weighted by molar-refractivity contribution is 6.47. The quantitative estimate of drug-likeness (QED) is 0.265. The lowest BCUT2D eigenvalue weighted by atomic mass is 10.1. The first-order valence-corrected chi connectivity index (χ1v) is 4.90.